The fourth-order valence-electron chi connectivity index (χ4n) is 3.37. The van der Waals surface area contributed by atoms with E-state index in [9.17, 15) is 4.79 Å². The van der Waals surface area contributed by atoms with Crippen LogP contribution in [-0.2, 0) is 6.42 Å². The van der Waals surface area contributed by atoms with Crippen molar-refractivity contribution in [3.63, 3.8) is 0 Å². The molecule has 3 rings (SSSR count). The number of primary amides is 1. The van der Waals surface area contributed by atoms with Gasteiger partial charge in [-0.25, -0.2) is 0 Å². The summed E-state index contributed by atoms with van der Waals surface area (Å²) < 4.78 is 5.60. The molecule has 1 amide bonds. The lowest BCUT2D eigenvalue weighted by Gasteiger charge is -2.26. The van der Waals surface area contributed by atoms with Crippen molar-refractivity contribution in [2.45, 2.75) is 13.3 Å². The molecular formula is C21H27N5O2. The Kier molecular flexibility index (Phi) is 5.94. The highest BCUT2D eigenvalue weighted by Gasteiger charge is 2.25. The molecule has 0 atom stereocenters. The standard InChI is InChI=1S/C21H27N5O2/c1-5-28-15-10-14(12-23-13-15)17-11-18(26(4)9-8-25(2)3)19(21(22)27)16-6-7-24-20(16)17/h7,10-13H,5-6,8-9H2,1-4H3,(H2,22,27). The summed E-state index contributed by atoms with van der Waals surface area (Å²) in [7, 11) is 6.03. The van der Waals surface area contributed by atoms with Gasteiger partial charge in [0.1, 0.15) is 5.75 Å². The lowest BCUT2D eigenvalue weighted by molar-refractivity contribution is 0.1000. The van der Waals surface area contributed by atoms with Crippen LogP contribution in [0, 0.1) is 0 Å². The third-order valence-corrected chi connectivity index (χ3v) is 4.77. The van der Waals surface area contributed by atoms with Crippen LogP contribution in [0.2, 0.25) is 0 Å². The zero-order valence-corrected chi connectivity index (χ0v) is 16.9. The number of ether oxygens (including phenoxy) is 1. The molecule has 148 valence electrons. The molecular weight excluding hydrogens is 354 g/mol. The first-order valence-electron chi connectivity index (χ1n) is 9.38. The predicted molar refractivity (Wildman–Crippen MR) is 113 cm³/mol. The van der Waals surface area contributed by atoms with Gasteiger partial charge in [-0.3, -0.25) is 14.8 Å². The molecule has 0 unspecified atom stereocenters. The molecule has 1 aromatic heterocycles. The monoisotopic (exact) mass is 381 g/mol. The predicted octanol–water partition coefficient (Wildman–Crippen LogP) is 2.50. The van der Waals surface area contributed by atoms with E-state index in [0.717, 1.165) is 41.2 Å². The highest BCUT2D eigenvalue weighted by Crippen LogP contribution is 2.43. The first-order chi connectivity index (χ1) is 13.4. The van der Waals surface area contributed by atoms with Crippen molar-refractivity contribution in [1.29, 1.82) is 0 Å². The molecule has 28 heavy (non-hydrogen) atoms. The van der Waals surface area contributed by atoms with Crippen LogP contribution >= 0.6 is 0 Å². The third-order valence-electron chi connectivity index (χ3n) is 4.77. The van der Waals surface area contributed by atoms with Gasteiger partial charge in [-0.1, -0.05) is 0 Å². The van der Waals surface area contributed by atoms with Gasteiger partial charge >= 0.3 is 0 Å². The number of pyridine rings is 1. The van der Waals surface area contributed by atoms with Crippen LogP contribution < -0.4 is 15.4 Å². The largest absolute Gasteiger partial charge is 0.492 e. The number of hydrogen-bond acceptors (Lipinski definition) is 6. The molecule has 1 aliphatic heterocycles. The quantitative estimate of drug-likeness (QED) is 0.759. The van der Waals surface area contributed by atoms with Crippen molar-refractivity contribution in [3.05, 3.63) is 35.7 Å². The Hall–Kier alpha value is -2.93. The Morgan fingerprint density at radius 1 is 1.21 bits per heavy atom. The molecule has 0 saturated heterocycles. The van der Waals surface area contributed by atoms with Crippen LogP contribution in [0.4, 0.5) is 11.4 Å². The van der Waals surface area contributed by atoms with Crippen LogP contribution in [0.15, 0.2) is 29.5 Å². The minimum absolute atomic E-state index is 0.429. The number of aliphatic imine (C=N–C) groups is 1. The number of carbonyl (C=O) groups excluding carboxylic acids is 1. The van der Waals surface area contributed by atoms with Crippen molar-refractivity contribution >= 4 is 23.5 Å². The SMILES string of the molecule is CCOc1cncc(-c2cc(N(C)CCN(C)C)c(C(N)=O)c3c2N=CC3)c1. The van der Waals surface area contributed by atoms with Gasteiger partial charge in [-0.05, 0) is 38.7 Å². The maximum atomic E-state index is 12.3. The number of benzene rings is 1. The lowest BCUT2D eigenvalue weighted by atomic mass is 9.94. The van der Waals surface area contributed by atoms with Crippen molar-refractivity contribution < 1.29 is 9.53 Å². The van der Waals surface area contributed by atoms with E-state index in [1.807, 2.05) is 46.4 Å². The number of anilines is 1. The highest BCUT2D eigenvalue weighted by atomic mass is 16.5. The summed E-state index contributed by atoms with van der Waals surface area (Å²) in [5.74, 6) is 0.276. The minimum atomic E-state index is -0.429. The molecule has 0 aliphatic carbocycles. The highest BCUT2D eigenvalue weighted by molar-refractivity contribution is 6.06. The Morgan fingerprint density at radius 3 is 2.68 bits per heavy atom. The number of likely N-dealkylation sites (N-methyl/N-ethyl adjacent to an activating group) is 2. The molecule has 1 aliphatic rings. The van der Waals surface area contributed by atoms with Crippen LogP contribution in [0.1, 0.15) is 22.8 Å². The molecule has 2 N–H and O–H groups in total. The summed E-state index contributed by atoms with van der Waals surface area (Å²) in [5.41, 5.74) is 10.6. The molecule has 0 spiro atoms. The topological polar surface area (TPSA) is 84.0 Å². The van der Waals surface area contributed by atoms with E-state index in [2.05, 4.69) is 19.8 Å². The van der Waals surface area contributed by atoms with Crippen molar-refractivity contribution in [2.24, 2.45) is 10.7 Å². The van der Waals surface area contributed by atoms with E-state index < -0.39 is 5.91 Å². The van der Waals surface area contributed by atoms with Gasteiger partial charge in [-0.15, -0.1) is 0 Å². The minimum Gasteiger partial charge on any atom is -0.492 e. The van der Waals surface area contributed by atoms with E-state index in [1.54, 1.807) is 12.4 Å². The maximum absolute atomic E-state index is 12.3. The second kappa shape index (κ2) is 8.39. The van der Waals surface area contributed by atoms with Gasteiger partial charge in [0, 0.05) is 50.1 Å². The second-order valence-electron chi connectivity index (χ2n) is 7.09. The number of fused-ring (bicyclic) bond motifs is 1. The summed E-state index contributed by atoms with van der Waals surface area (Å²) in [6.07, 6.45) is 5.90. The Morgan fingerprint density at radius 2 is 2.00 bits per heavy atom. The number of hydrogen-bond donors (Lipinski definition) is 1. The van der Waals surface area contributed by atoms with Gasteiger partial charge < -0.3 is 20.3 Å². The molecule has 2 heterocycles. The van der Waals surface area contributed by atoms with E-state index >= 15 is 0 Å². The molecule has 0 bridgehead atoms. The molecule has 7 heteroatoms. The first-order valence-corrected chi connectivity index (χ1v) is 9.38. The Labute approximate surface area is 165 Å². The number of aromatic nitrogens is 1. The summed E-state index contributed by atoms with van der Waals surface area (Å²) in [6, 6.07) is 3.94. The number of rotatable bonds is 8. The van der Waals surface area contributed by atoms with Crippen molar-refractivity contribution in [3.8, 4) is 16.9 Å². The van der Waals surface area contributed by atoms with Gasteiger partial charge in [-0.2, -0.15) is 0 Å². The third kappa shape index (κ3) is 3.99. The molecule has 0 fully saturated rings. The number of amides is 1. The second-order valence-corrected chi connectivity index (χ2v) is 7.09. The summed E-state index contributed by atoms with van der Waals surface area (Å²) >= 11 is 0. The molecule has 2 aromatic rings. The lowest BCUT2D eigenvalue weighted by Crippen LogP contribution is -2.30. The number of nitrogens with two attached hydrogens (primary N) is 1. The van der Waals surface area contributed by atoms with Gasteiger partial charge in [0.15, 0.2) is 0 Å². The Balaban J connectivity index is 2.14. The number of carbonyl (C=O) groups is 1. The molecule has 7 nitrogen and oxygen atoms in total. The summed E-state index contributed by atoms with van der Waals surface area (Å²) in [6.45, 7) is 4.14. The van der Waals surface area contributed by atoms with Gasteiger partial charge in [0.25, 0.3) is 5.91 Å². The average molecular weight is 381 g/mol. The van der Waals surface area contributed by atoms with Crippen LogP contribution in [-0.4, -0.2) is 62.8 Å². The van der Waals surface area contributed by atoms with Crippen LogP contribution in [0.25, 0.3) is 11.1 Å². The number of nitrogens with zero attached hydrogens (tertiary/aromatic N) is 4. The van der Waals surface area contributed by atoms with E-state index in [-0.39, 0.29) is 0 Å². The molecule has 0 saturated carbocycles. The first kappa shape index (κ1) is 19.8. The summed E-state index contributed by atoms with van der Waals surface area (Å²) in [4.78, 5) is 25.3. The molecule has 0 radical (unpaired) electrons. The average Bonchev–Trinajstić information content (AvgIpc) is 3.14. The van der Waals surface area contributed by atoms with Gasteiger partial charge in [0.2, 0.25) is 0 Å². The zero-order valence-electron chi connectivity index (χ0n) is 16.9. The van der Waals surface area contributed by atoms with Crippen molar-refractivity contribution in [1.82, 2.24) is 9.88 Å². The zero-order chi connectivity index (χ0) is 20.3. The van der Waals surface area contributed by atoms with E-state index in [0.29, 0.717) is 24.3 Å². The van der Waals surface area contributed by atoms with Crippen molar-refractivity contribution in [2.75, 3.05) is 45.7 Å². The van der Waals surface area contributed by atoms with Gasteiger partial charge in [0.05, 0.1) is 29.7 Å². The maximum Gasteiger partial charge on any atom is 0.251 e. The molecule has 1 aromatic carbocycles. The van der Waals surface area contributed by atoms with E-state index in [4.69, 9.17) is 10.5 Å². The van der Waals surface area contributed by atoms with E-state index in [1.165, 1.54) is 0 Å². The van der Waals surface area contributed by atoms with Crippen LogP contribution in [0.3, 0.4) is 0 Å². The smallest absolute Gasteiger partial charge is 0.251 e. The fraction of sp³-hybridized carbons (Fsp3) is 0.381. The normalized spacial score (nSPS) is 12.3. The Bertz CT molecular complexity index is 908. The summed E-state index contributed by atoms with van der Waals surface area (Å²) in [5, 5.41) is 0. The van der Waals surface area contributed by atoms with Crippen LogP contribution in [0.5, 0.6) is 5.75 Å². The fourth-order valence-corrected chi connectivity index (χ4v) is 3.37.